The van der Waals surface area contributed by atoms with Gasteiger partial charge in [0.05, 0.1) is 57.4 Å². The van der Waals surface area contributed by atoms with E-state index in [9.17, 15) is 96.4 Å². The third-order valence-corrected chi connectivity index (χ3v) is 17.2. The van der Waals surface area contributed by atoms with E-state index in [-0.39, 0.29) is 0 Å². The average Bonchev–Trinajstić information content (AvgIpc) is 0.803. The summed E-state index contributed by atoms with van der Waals surface area (Å²) >= 11 is 0. The molecule has 0 saturated carbocycles. The molecule has 6 aliphatic heterocycles. The smallest absolute Gasteiger partial charge is 0.217 e. The number of unbranched alkanes of at least 4 members (excludes halogenated alkanes) is 11. The van der Waals surface area contributed by atoms with E-state index < -0.39 is 235 Å². The molecule has 0 aliphatic carbocycles. The fourth-order valence-corrected chi connectivity index (χ4v) is 11.7. The molecule has 6 fully saturated rings. The predicted octanol–water partition coefficient (Wildman–Crippen LogP) is -7.14. The van der Waals surface area contributed by atoms with Gasteiger partial charge in [0.15, 0.2) is 37.7 Å². The van der Waals surface area contributed by atoms with Gasteiger partial charge in [0.1, 0.15) is 134 Å². The van der Waals surface area contributed by atoms with Crippen molar-refractivity contribution in [2.75, 3.05) is 33.0 Å². The number of allylic oxidation sites excluding steroid dienone is 1. The molecule has 32 atom stereocenters. The highest BCUT2D eigenvalue weighted by molar-refractivity contribution is 5.73. The van der Waals surface area contributed by atoms with Crippen LogP contribution in [0.2, 0.25) is 0 Å². The summed E-state index contributed by atoms with van der Waals surface area (Å²) < 4.78 is 71.4. The Morgan fingerprint density at radius 1 is 0.456 bits per heavy atom. The van der Waals surface area contributed by atoms with Crippen LogP contribution in [0.3, 0.4) is 0 Å². The molecule has 33 heteroatoms. The van der Waals surface area contributed by atoms with Crippen molar-refractivity contribution in [1.82, 2.24) is 10.6 Å². The van der Waals surface area contributed by atoms with E-state index in [1.807, 2.05) is 0 Å². The van der Waals surface area contributed by atoms with E-state index in [2.05, 4.69) is 17.6 Å². The van der Waals surface area contributed by atoms with E-state index in [4.69, 9.17) is 56.8 Å². The summed E-state index contributed by atoms with van der Waals surface area (Å²) in [6.45, 7) is 1.25. The Hall–Kier alpha value is -2.48. The minimum absolute atomic E-state index is 0.335. The molecular weight excluding hydrogens is 1210 g/mol. The molecule has 19 N–H and O–H groups in total. The highest BCUT2D eigenvalue weighted by Gasteiger charge is 2.59. The number of carbonyl (C=O) groups excluding carboxylic acids is 2. The Morgan fingerprint density at radius 3 is 1.43 bits per heavy atom. The van der Waals surface area contributed by atoms with Crippen LogP contribution in [-0.4, -0.2) is 328 Å². The van der Waals surface area contributed by atoms with Crippen LogP contribution in [0.1, 0.15) is 105 Å². The van der Waals surface area contributed by atoms with Gasteiger partial charge in [0.25, 0.3) is 0 Å². The second-order valence-electron chi connectivity index (χ2n) is 23.9. The number of ether oxygens (including phenoxy) is 12. The fourth-order valence-electron chi connectivity index (χ4n) is 11.7. The second-order valence-corrected chi connectivity index (χ2v) is 23.9. The van der Waals surface area contributed by atoms with Crippen molar-refractivity contribution >= 4 is 12.3 Å². The maximum absolute atomic E-state index is 13.3. The summed E-state index contributed by atoms with van der Waals surface area (Å²) in [4.78, 5) is 24.9. The molecule has 90 heavy (non-hydrogen) atoms. The van der Waals surface area contributed by atoms with Crippen LogP contribution in [0.15, 0.2) is 12.2 Å². The van der Waals surface area contributed by atoms with Gasteiger partial charge in [-0.15, -0.1) is 0 Å². The quantitative estimate of drug-likeness (QED) is 0.0162. The van der Waals surface area contributed by atoms with Crippen molar-refractivity contribution in [2.24, 2.45) is 0 Å². The lowest BCUT2D eigenvalue weighted by atomic mass is 9.93. The number of hydrogen-bond acceptors (Lipinski definition) is 31. The summed E-state index contributed by atoms with van der Waals surface area (Å²) in [5, 5.41) is 192. The van der Waals surface area contributed by atoms with Gasteiger partial charge in [0, 0.05) is 6.92 Å². The van der Waals surface area contributed by atoms with Crippen molar-refractivity contribution in [3.8, 4) is 0 Å². The van der Waals surface area contributed by atoms with E-state index in [0.717, 1.165) is 32.6 Å². The first-order chi connectivity index (χ1) is 43.0. The third-order valence-electron chi connectivity index (χ3n) is 17.2. The molecule has 6 heterocycles. The van der Waals surface area contributed by atoms with Gasteiger partial charge in [-0.3, -0.25) is 9.59 Å². The first-order valence-corrected chi connectivity index (χ1v) is 31.2. The van der Waals surface area contributed by atoms with Crippen LogP contribution in [0, 0.1) is 0 Å². The minimum Gasteiger partial charge on any atom is -0.394 e. The second kappa shape index (κ2) is 37.1. The average molecular weight is 1310 g/mol. The molecule has 0 unspecified atom stereocenters. The topological polar surface area (TPSA) is 513 Å². The molecule has 6 aliphatic rings. The van der Waals surface area contributed by atoms with Crippen LogP contribution in [-0.2, 0) is 66.4 Å². The van der Waals surface area contributed by atoms with Gasteiger partial charge in [-0.2, -0.15) is 0 Å². The molecule has 0 radical (unpaired) electrons. The molecule has 33 nitrogen and oxygen atoms in total. The lowest BCUT2D eigenvalue weighted by Gasteiger charge is -2.52. The monoisotopic (exact) mass is 1310 g/mol. The first-order valence-electron chi connectivity index (χ1n) is 31.2. The lowest BCUT2D eigenvalue weighted by molar-refractivity contribution is -0.400. The molecule has 6 rings (SSSR count). The van der Waals surface area contributed by atoms with E-state index in [1.54, 1.807) is 6.08 Å². The normalized spacial score (nSPS) is 43.4. The van der Waals surface area contributed by atoms with E-state index in [1.165, 1.54) is 64.9 Å². The third kappa shape index (κ3) is 19.6. The number of carbonyl (C=O) groups is 2. The van der Waals surface area contributed by atoms with E-state index in [0.29, 0.717) is 12.8 Å². The summed E-state index contributed by atoms with van der Waals surface area (Å²) in [6, 6.07) is -2.97. The fraction of sp³-hybridized carbons (Fsp3) is 0.930. The van der Waals surface area contributed by atoms with Gasteiger partial charge < -0.3 is 154 Å². The van der Waals surface area contributed by atoms with Crippen molar-refractivity contribution in [3.63, 3.8) is 0 Å². The molecule has 524 valence electrons. The molecule has 0 aromatic heterocycles. The molecular formula is C57H100N2O31. The summed E-state index contributed by atoms with van der Waals surface area (Å²) in [5.41, 5.74) is 0. The highest BCUT2D eigenvalue weighted by Crippen LogP contribution is 2.38. The van der Waals surface area contributed by atoms with Crippen molar-refractivity contribution in [1.29, 1.82) is 0 Å². The summed E-state index contributed by atoms with van der Waals surface area (Å²) in [7, 11) is 0. The number of nitrogens with one attached hydrogen (secondary N) is 2. The maximum atomic E-state index is 13.3. The number of amides is 2. The number of aliphatic hydroxyl groups excluding tert-OH is 17. The highest BCUT2D eigenvalue weighted by atomic mass is 16.8. The largest absolute Gasteiger partial charge is 0.394 e. The van der Waals surface area contributed by atoms with Crippen molar-refractivity contribution in [3.05, 3.63) is 12.2 Å². The Balaban J connectivity index is 1.20. The standard InChI is InChI=1S/C57H100N2O31/c1-5-6-7-8-9-10-11-12-13-14-15-16-17-18-29(66)28(58-24-64)23-79-53-45(77)42(74)47(32(21-62)85-53)86-56-46(78)50(38(70)31(20-61)82-56)89-52-34(59-27(4)65)49(48(33(22-63)84-52)87-54-43(75)39(71)35(67)25(2)80-54)88-57-51(41(73)37(69)30(19-60)83-57)90-55-44(76)40(72)36(68)26(3)81-55/h17-18,24-26,28-57,60-63,66-78H,5-16,19-23H2,1-4H3,(H,58,64)(H,59,65)/b18-17+/t25-,26-,28-,29+,30+,31+,32+,33+,34+,35+,36+,37-,38-,39+,40+,41-,42+,43-,44-,45+,46+,47+,48+,49+,50-,51+,52-,53+,54-,55-,56-,57-/m0/s1. The number of aliphatic hydroxyl groups is 17. The van der Waals surface area contributed by atoms with Crippen molar-refractivity contribution in [2.45, 2.75) is 301 Å². The number of rotatable bonds is 34. The predicted molar refractivity (Wildman–Crippen MR) is 301 cm³/mol. The zero-order valence-corrected chi connectivity index (χ0v) is 51.0. The van der Waals surface area contributed by atoms with Crippen LogP contribution in [0.5, 0.6) is 0 Å². The zero-order valence-electron chi connectivity index (χ0n) is 51.0. The SMILES string of the molecule is CCCCCCCCCCCCC/C=C/[C@@H](O)[C@H](CO[C@@H]1O[C@H](CO)[C@@H](O[C@@H]2O[C@H](CO)[C@H](O)[C@H](O[C@@H]3O[C@H](CO)[C@@H](O[C@@H]4O[C@@H](C)[C@@H](O)[C@@H](O)[C@@H]4O)[C@H](O[C@@H]4O[C@H](CO)[C@H](O)[C@H](O)[C@H]4O[C@@H]4O[C@@H](C)[C@@H](O)[C@@H](O)[C@@H]4O)[C@H]3NC(C)=O)[C@H]2O)[C@H](O)[C@H]1O)NC=O. The maximum Gasteiger partial charge on any atom is 0.217 e. The molecule has 6 saturated heterocycles. The Kier molecular flexibility index (Phi) is 31.6. The Bertz CT molecular complexity index is 2100. The molecule has 2 amide bonds. The number of hydrogen-bond donors (Lipinski definition) is 19. The summed E-state index contributed by atoms with van der Waals surface area (Å²) in [5.74, 6) is -0.910. The first kappa shape index (κ1) is 76.5. The van der Waals surface area contributed by atoms with Crippen LogP contribution >= 0.6 is 0 Å². The lowest BCUT2D eigenvalue weighted by Crippen LogP contribution is -2.71. The Morgan fingerprint density at radius 2 is 0.889 bits per heavy atom. The van der Waals surface area contributed by atoms with Gasteiger partial charge >= 0.3 is 0 Å². The van der Waals surface area contributed by atoms with E-state index >= 15 is 0 Å². The molecule has 0 aromatic carbocycles. The van der Waals surface area contributed by atoms with Gasteiger partial charge in [-0.1, -0.05) is 83.3 Å². The van der Waals surface area contributed by atoms with Gasteiger partial charge in [-0.05, 0) is 26.7 Å². The van der Waals surface area contributed by atoms with Gasteiger partial charge in [-0.25, -0.2) is 0 Å². The summed E-state index contributed by atoms with van der Waals surface area (Å²) in [6.07, 6.45) is -38.8. The Labute approximate surface area is 521 Å². The molecule has 0 spiro atoms. The zero-order chi connectivity index (χ0) is 66.1. The molecule has 0 aromatic rings. The molecule has 0 bridgehead atoms. The van der Waals surface area contributed by atoms with Crippen LogP contribution < -0.4 is 10.6 Å². The minimum atomic E-state index is -2.25. The van der Waals surface area contributed by atoms with Crippen LogP contribution in [0.4, 0.5) is 0 Å². The van der Waals surface area contributed by atoms with Gasteiger partial charge in [0.2, 0.25) is 12.3 Å². The van der Waals surface area contributed by atoms with Crippen molar-refractivity contribution < 1.29 is 153 Å². The van der Waals surface area contributed by atoms with Crippen LogP contribution in [0.25, 0.3) is 0 Å².